The number of thiazole rings is 1. The van der Waals surface area contributed by atoms with Crippen LogP contribution in [0.3, 0.4) is 0 Å². The van der Waals surface area contributed by atoms with Crippen LogP contribution in [0.1, 0.15) is 6.92 Å². The molecule has 0 saturated heterocycles. The van der Waals surface area contributed by atoms with Crippen molar-refractivity contribution in [3.8, 4) is 0 Å². The Bertz CT molecular complexity index is 222. The normalized spacial score (nSPS) is 9.18. The van der Waals surface area contributed by atoms with Crippen molar-refractivity contribution in [1.82, 2.24) is 10.3 Å². The molecule has 0 atom stereocenters. The molecule has 0 aliphatic heterocycles. The van der Waals surface area contributed by atoms with Crippen molar-refractivity contribution >= 4 is 36.7 Å². The van der Waals surface area contributed by atoms with E-state index in [1.54, 1.807) is 17.5 Å². The Hall–Kier alpha value is -0.381. The number of nitrogens with zero attached hydrogens (tertiary/aromatic N) is 1. The van der Waals surface area contributed by atoms with Gasteiger partial charge in [-0.3, -0.25) is 0 Å². The second kappa shape index (κ2) is 4.49. The molecule has 1 aromatic heterocycles. The predicted molar refractivity (Wildman–Crippen MR) is 50.2 cm³/mol. The minimum atomic E-state index is 0.903. The Morgan fingerprint density at radius 1 is 1.82 bits per heavy atom. The molecule has 0 aliphatic carbocycles. The number of rotatable bonds is 4. The summed E-state index contributed by atoms with van der Waals surface area (Å²) in [5.74, 6) is 0. The minimum absolute atomic E-state index is 0.903. The fraction of sp³-hybridized carbons (Fsp3) is 0.333. The van der Waals surface area contributed by atoms with E-state index < -0.39 is 0 Å². The molecule has 11 heavy (non-hydrogen) atoms. The van der Waals surface area contributed by atoms with E-state index in [1.165, 1.54) is 0 Å². The number of anilines is 1. The second-order valence-electron chi connectivity index (χ2n) is 1.82. The van der Waals surface area contributed by atoms with Gasteiger partial charge in [0.1, 0.15) is 0 Å². The van der Waals surface area contributed by atoms with E-state index in [9.17, 15) is 0 Å². The van der Waals surface area contributed by atoms with Crippen LogP contribution in [0.4, 0.5) is 5.13 Å². The molecule has 0 radical (unpaired) electrons. The van der Waals surface area contributed by atoms with E-state index in [0.29, 0.717) is 0 Å². The van der Waals surface area contributed by atoms with Crippen LogP contribution >= 0.6 is 11.3 Å². The van der Waals surface area contributed by atoms with Gasteiger partial charge >= 0.3 is 77.4 Å². The zero-order chi connectivity index (χ0) is 8.10. The van der Waals surface area contributed by atoms with E-state index in [0.717, 1.165) is 16.3 Å². The third-order valence-corrected chi connectivity index (χ3v) is 2.20. The van der Waals surface area contributed by atoms with Gasteiger partial charge in [0.2, 0.25) is 0 Å². The molecule has 0 unspecified atom stereocenters. The summed E-state index contributed by atoms with van der Waals surface area (Å²) in [6.45, 7) is 2.95. The van der Waals surface area contributed by atoms with E-state index in [2.05, 4.69) is 31.2 Å². The first kappa shape index (κ1) is 8.71. The number of nitrogens with one attached hydrogen (secondary N) is 2. The summed E-state index contributed by atoms with van der Waals surface area (Å²) in [4.78, 5) is 4.07. The van der Waals surface area contributed by atoms with E-state index >= 15 is 0 Å². The Kier molecular flexibility index (Phi) is 3.55. The molecule has 0 aromatic carbocycles. The van der Waals surface area contributed by atoms with Crippen LogP contribution in [-0.4, -0.2) is 31.8 Å². The van der Waals surface area contributed by atoms with E-state index in [4.69, 9.17) is 0 Å². The fourth-order valence-corrected chi connectivity index (χ4v) is 1.77. The summed E-state index contributed by atoms with van der Waals surface area (Å²) in [6, 6.07) is 0. The van der Waals surface area contributed by atoms with Crippen LogP contribution in [0.5, 0.6) is 0 Å². The fourth-order valence-electron chi connectivity index (χ4n) is 0.587. The SMILES string of the molecule is CCNC(=[Se])Nc1nccs1. The molecule has 0 amide bonds. The Labute approximate surface area is 77.6 Å². The van der Waals surface area contributed by atoms with Crippen molar-refractivity contribution in [3.63, 3.8) is 0 Å². The van der Waals surface area contributed by atoms with Gasteiger partial charge in [0.05, 0.1) is 0 Å². The molecule has 0 aliphatic rings. The molecule has 0 saturated carbocycles. The molecule has 1 heterocycles. The van der Waals surface area contributed by atoms with Crippen molar-refractivity contribution in [2.24, 2.45) is 0 Å². The van der Waals surface area contributed by atoms with Crippen molar-refractivity contribution < 1.29 is 0 Å². The molecule has 3 nitrogen and oxygen atoms in total. The summed E-state index contributed by atoms with van der Waals surface area (Å²) in [7, 11) is 0. The Morgan fingerprint density at radius 3 is 3.18 bits per heavy atom. The van der Waals surface area contributed by atoms with Gasteiger partial charge < -0.3 is 0 Å². The maximum absolute atomic E-state index is 4.07. The van der Waals surface area contributed by atoms with E-state index in [1.807, 2.05) is 12.3 Å². The topological polar surface area (TPSA) is 37.0 Å². The van der Waals surface area contributed by atoms with Gasteiger partial charge in [-0.05, 0) is 0 Å². The monoisotopic (exact) mass is 235 g/mol. The Morgan fingerprint density at radius 2 is 2.64 bits per heavy atom. The van der Waals surface area contributed by atoms with Crippen LogP contribution < -0.4 is 10.6 Å². The van der Waals surface area contributed by atoms with Crippen LogP contribution in [0, 0.1) is 0 Å². The van der Waals surface area contributed by atoms with Gasteiger partial charge in [-0.15, -0.1) is 0 Å². The first-order valence-corrected chi connectivity index (χ1v) is 5.01. The quantitative estimate of drug-likeness (QED) is 0.741. The van der Waals surface area contributed by atoms with Crippen LogP contribution in [-0.2, 0) is 0 Å². The number of hydrogen-bond donors (Lipinski definition) is 2. The molecule has 60 valence electrons. The number of hydrogen-bond acceptors (Lipinski definition) is 4. The predicted octanol–water partition coefficient (Wildman–Crippen LogP) is 0.420. The van der Waals surface area contributed by atoms with Gasteiger partial charge in [0.15, 0.2) is 0 Å². The summed E-state index contributed by atoms with van der Waals surface area (Å²) in [5, 5.41) is 9.02. The zero-order valence-electron chi connectivity index (χ0n) is 6.13. The molecular formula is C6H9N3SSe. The van der Waals surface area contributed by atoms with Gasteiger partial charge in [-0.25, -0.2) is 0 Å². The van der Waals surface area contributed by atoms with Crippen molar-refractivity contribution in [2.75, 3.05) is 11.9 Å². The standard InChI is InChI=1S/C6H9N3SSe/c1-2-7-6(11)9-5-8-3-4-10-5/h3-4H,2H2,1H3,(H2,7,8,9,11). The van der Waals surface area contributed by atoms with Crippen LogP contribution in [0.2, 0.25) is 0 Å². The van der Waals surface area contributed by atoms with Crippen LogP contribution in [0.15, 0.2) is 11.6 Å². The first-order chi connectivity index (χ1) is 5.33. The third-order valence-electron chi connectivity index (χ3n) is 0.990. The third kappa shape index (κ3) is 3.01. The molecule has 0 fully saturated rings. The summed E-state index contributed by atoms with van der Waals surface area (Å²) < 4.78 is 0.919. The first-order valence-electron chi connectivity index (χ1n) is 3.27. The molecule has 0 spiro atoms. The molecule has 1 aromatic rings. The maximum atomic E-state index is 4.07. The van der Waals surface area contributed by atoms with Gasteiger partial charge in [-0.2, -0.15) is 0 Å². The molecule has 1 rings (SSSR count). The molecule has 0 bridgehead atoms. The zero-order valence-corrected chi connectivity index (χ0v) is 8.66. The average Bonchev–Trinajstić information content (AvgIpc) is 2.40. The second-order valence-corrected chi connectivity index (χ2v) is 3.57. The summed E-state index contributed by atoms with van der Waals surface area (Å²) >= 11 is 4.45. The summed E-state index contributed by atoms with van der Waals surface area (Å²) in [6.07, 6.45) is 1.77. The van der Waals surface area contributed by atoms with E-state index in [-0.39, 0.29) is 0 Å². The van der Waals surface area contributed by atoms with Crippen LogP contribution in [0.25, 0.3) is 0 Å². The Balaban J connectivity index is 2.37. The van der Waals surface area contributed by atoms with Gasteiger partial charge in [0, 0.05) is 0 Å². The van der Waals surface area contributed by atoms with Crippen molar-refractivity contribution in [3.05, 3.63) is 11.6 Å². The summed E-state index contributed by atoms with van der Waals surface area (Å²) in [5.41, 5.74) is 0. The molecule has 2 N–H and O–H groups in total. The van der Waals surface area contributed by atoms with Crippen molar-refractivity contribution in [1.29, 1.82) is 0 Å². The average molecular weight is 234 g/mol. The molecule has 5 heteroatoms. The van der Waals surface area contributed by atoms with Gasteiger partial charge in [-0.1, -0.05) is 0 Å². The van der Waals surface area contributed by atoms with Gasteiger partial charge in [0.25, 0.3) is 0 Å². The molecular weight excluding hydrogens is 225 g/mol. The van der Waals surface area contributed by atoms with Crippen molar-refractivity contribution in [2.45, 2.75) is 6.92 Å². The number of aromatic nitrogens is 1.